The molecule has 2 rings (SSSR count). The number of hydrogen-bond donors (Lipinski definition) is 3. The molecule has 0 radical (unpaired) electrons. The summed E-state index contributed by atoms with van der Waals surface area (Å²) in [6.45, 7) is 4.63. The molecule has 1 amide bonds. The van der Waals surface area contributed by atoms with E-state index in [1.54, 1.807) is 19.1 Å². The zero-order valence-corrected chi connectivity index (χ0v) is 14.4. The second-order valence-electron chi connectivity index (χ2n) is 6.05. The Kier molecular flexibility index (Phi) is 6.82. The highest BCUT2D eigenvalue weighted by Gasteiger charge is 2.08. The first-order chi connectivity index (χ1) is 11.6. The van der Waals surface area contributed by atoms with Crippen LogP contribution >= 0.6 is 0 Å². The van der Waals surface area contributed by atoms with Gasteiger partial charge in [0.25, 0.3) is 5.91 Å². The van der Waals surface area contributed by atoms with E-state index in [0.717, 1.165) is 25.1 Å². The second-order valence-corrected chi connectivity index (χ2v) is 6.05. The average Bonchev–Trinajstić information content (AvgIpc) is 2.61. The maximum Gasteiger partial charge on any atom is 0.251 e. The molecule has 0 aromatic heterocycles. The molecule has 1 unspecified atom stereocenters. The molecule has 0 aliphatic rings. The van der Waals surface area contributed by atoms with E-state index in [9.17, 15) is 4.79 Å². The van der Waals surface area contributed by atoms with Crippen molar-refractivity contribution in [1.29, 1.82) is 0 Å². The largest absolute Gasteiger partial charge is 0.394 e. The van der Waals surface area contributed by atoms with E-state index in [1.165, 1.54) is 11.1 Å². The number of carbonyl (C=O) groups is 1. The van der Waals surface area contributed by atoms with Crippen LogP contribution in [0.25, 0.3) is 0 Å². The number of aliphatic hydroxyl groups is 1. The Balaban J connectivity index is 1.88. The van der Waals surface area contributed by atoms with Crippen LogP contribution in [0.15, 0.2) is 48.5 Å². The number of hydrogen-bond acceptors (Lipinski definition) is 3. The van der Waals surface area contributed by atoms with Crippen LogP contribution in [0.1, 0.15) is 41.8 Å². The monoisotopic (exact) mass is 326 g/mol. The summed E-state index contributed by atoms with van der Waals surface area (Å²) in [5.74, 6) is -0.172. The molecule has 128 valence electrons. The zero-order valence-electron chi connectivity index (χ0n) is 14.4. The van der Waals surface area contributed by atoms with Crippen LogP contribution < -0.4 is 10.6 Å². The molecule has 1 atom stereocenters. The topological polar surface area (TPSA) is 61.4 Å². The molecule has 0 bridgehead atoms. The average molecular weight is 326 g/mol. The Morgan fingerprint density at radius 3 is 2.25 bits per heavy atom. The highest BCUT2D eigenvalue weighted by atomic mass is 16.3. The summed E-state index contributed by atoms with van der Waals surface area (Å²) in [6, 6.07) is 15.8. The maximum atomic E-state index is 11.9. The van der Waals surface area contributed by atoms with Gasteiger partial charge in [-0.15, -0.1) is 0 Å². The molecule has 3 N–H and O–H groups in total. The van der Waals surface area contributed by atoms with Gasteiger partial charge in [0.05, 0.1) is 6.61 Å². The summed E-state index contributed by atoms with van der Waals surface area (Å²) < 4.78 is 0. The number of rotatable bonds is 8. The number of carbonyl (C=O) groups excluding carboxylic acids is 1. The van der Waals surface area contributed by atoms with Crippen LogP contribution in [-0.4, -0.2) is 23.7 Å². The van der Waals surface area contributed by atoms with Crippen molar-refractivity contribution >= 4 is 11.6 Å². The molecule has 2 aromatic carbocycles. The van der Waals surface area contributed by atoms with E-state index >= 15 is 0 Å². The Labute approximate surface area is 143 Å². The van der Waals surface area contributed by atoms with Gasteiger partial charge in [0.1, 0.15) is 0 Å². The quantitative estimate of drug-likeness (QED) is 0.697. The lowest BCUT2D eigenvalue weighted by molar-refractivity contribution is 0.0922. The van der Waals surface area contributed by atoms with Crippen molar-refractivity contribution < 1.29 is 9.90 Å². The second kappa shape index (κ2) is 9.08. The highest BCUT2D eigenvalue weighted by Crippen LogP contribution is 2.13. The van der Waals surface area contributed by atoms with Crippen LogP contribution in [-0.2, 0) is 13.0 Å². The van der Waals surface area contributed by atoms with Crippen LogP contribution in [0.5, 0.6) is 0 Å². The number of benzene rings is 2. The van der Waals surface area contributed by atoms with Crippen LogP contribution in [0, 0.1) is 0 Å². The summed E-state index contributed by atoms with van der Waals surface area (Å²) >= 11 is 0. The van der Waals surface area contributed by atoms with Gasteiger partial charge in [-0.25, -0.2) is 0 Å². The summed E-state index contributed by atoms with van der Waals surface area (Å²) in [4.78, 5) is 11.9. The Bertz CT molecular complexity index is 636. The number of nitrogens with one attached hydrogen (secondary N) is 2. The fourth-order valence-electron chi connectivity index (χ4n) is 2.41. The first-order valence-corrected chi connectivity index (χ1v) is 8.46. The Hall–Kier alpha value is -2.33. The first-order valence-electron chi connectivity index (χ1n) is 8.46. The normalized spacial score (nSPS) is 11.8. The van der Waals surface area contributed by atoms with E-state index < -0.39 is 0 Å². The summed E-state index contributed by atoms with van der Waals surface area (Å²) in [6.07, 6.45) is 2.28. The van der Waals surface area contributed by atoms with Gasteiger partial charge < -0.3 is 15.7 Å². The van der Waals surface area contributed by atoms with Gasteiger partial charge in [0.2, 0.25) is 0 Å². The fraction of sp³-hybridized carbons (Fsp3) is 0.350. The molecule has 0 aliphatic carbocycles. The minimum Gasteiger partial charge on any atom is -0.394 e. The lowest BCUT2D eigenvalue weighted by Crippen LogP contribution is -2.34. The van der Waals surface area contributed by atoms with E-state index in [4.69, 9.17) is 5.11 Å². The molecule has 4 heteroatoms. The molecule has 24 heavy (non-hydrogen) atoms. The van der Waals surface area contributed by atoms with Gasteiger partial charge in [-0.2, -0.15) is 0 Å². The summed E-state index contributed by atoms with van der Waals surface area (Å²) in [7, 11) is 0. The third-order valence-electron chi connectivity index (χ3n) is 3.86. The third-order valence-corrected chi connectivity index (χ3v) is 3.86. The van der Waals surface area contributed by atoms with Crippen LogP contribution in [0.2, 0.25) is 0 Å². The van der Waals surface area contributed by atoms with Gasteiger partial charge in [0, 0.05) is 23.8 Å². The number of anilines is 1. The highest BCUT2D eigenvalue weighted by molar-refractivity contribution is 5.94. The van der Waals surface area contributed by atoms with Gasteiger partial charge in [0.15, 0.2) is 0 Å². The van der Waals surface area contributed by atoms with Crippen LogP contribution in [0.4, 0.5) is 5.69 Å². The molecule has 2 aromatic rings. The van der Waals surface area contributed by atoms with Crippen molar-refractivity contribution in [3.63, 3.8) is 0 Å². The lowest BCUT2D eigenvalue weighted by atomic mass is 10.1. The number of amides is 1. The van der Waals surface area contributed by atoms with Crippen molar-refractivity contribution in [1.82, 2.24) is 5.32 Å². The van der Waals surface area contributed by atoms with Crippen molar-refractivity contribution in [2.24, 2.45) is 0 Å². The summed E-state index contributed by atoms with van der Waals surface area (Å²) in [5.41, 5.74) is 4.16. The molecular formula is C20H26N2O2. The van der Waals surface area contributed by atoms with Crippen LogP contribution in [0.3, 0.4) is 0 Å². The zero-order chi connectivity index (χ0) is 17.4. The maximum absolute atomic E-state index is 11.9. The van der Waals surface area contributed by atoms with E-state index in [-0.39, 0.29) is 18.6 Å². The third kappa shape index (κ3) is 5.39. The molecule has 0 fully saturated rings. The van der Waals surface area contributed by atoms with Gasteiger partial charge in [-0.1, -0.05) is 37.6 Å². The van der Waals surface area contributed by atoms with Gasteiger partial charge >= 0.3 is 0 Å². The smallest absolute Gasteiger partial charge is 0.251 e. The predicted octanol–water partition coefficient (Wildman–Crippen LogP) is 3.36. The molecule has 4 nitrogen and oxygen atoms in total. The van der Waals surface area contributed by atoms with E-state index in [0.29, 0.717) is 5.56 Å². The predicted molar refractivity (Wildman–Crippen MR) is 98.2 cm³/mol. The first kappa shape index (κ1) is 18.0. The molecule has 0 saturated carbocycles. The van der Waals surface area contributed by atoms with Crippen molar-refractivity contribution in [2.45, 2.75) is 39.3 Å². The fourth-order valence-corrected chi connectivity index (χ4v) is 2.41. The van der Waals surface area contributed by atoms with E-state index in [1.807, 2.05) is 12.1 Å². The van der Waals surface area contributed by atoms with Gasteiger partial charge in [-0.3, -0.25) is 4.79 Å². The lowest BCUT2D eigenvalue weighted by Gasteiger charge is -2.11. The molecule has 0 saturated heterocycles. The van der Waals surface area contributed by atoms with Gasteiger partial charge in [-0.05, 0) is 48.7 Å². The Morgan fingerprint density at radius 1 is 1.04 bits per heavy atom. The SMILES string of the molecule is CCCc1ccc(CNc2ccc(C(=O)NC(C)CO)cc2)cc1. The molecule has 0 heterocycles. The van der Waals surface area contributed by atoms with Crippen molar-refractivity contribution in [3.8, 4) is 0 Å². The molecule has 0 spiro atoms. The molecular weight excluding hydrogens is 300 g/mol. The summed E-state index contributed by atoms with van der Waals surface area (Å²) in [5, 5.41) is 15.1. The number of aliphatic hydroxyl groups excluding tert-OH is 1. The Morgan fingerprint density at radius 2 is 1.67 bits per heavy atom. The van der Waals surface area contributed by atoms with E-state index in [2.05, 4.69) is 41.8 Å². The standard InChI is InChI=1S/C20H26N2O2/c1-3-4-16-5-7-17(8-6-16)13-21-19-11-9-18(10-12-19)20(24)22-15(2)14-23/h5-12,15,21,23H,3-4,13-14H2,1-2H3,(H,22,24). The molecule has 0 aliphatic heterocycles. The van der Waals surface area contributed by atoms with Crippen molar-refractivity contribution in [2.75, 3.05) is 11.9 Å². The number of aryl methyl sites for hydroxylation is 1. The minimum absolute atomic E-state index is 0.0670. The van der Waals surface area contributed by atoms with Crippen molar-refractivity contribution in [3.05, 3.63) is 65.2 Å². The minimum atomic E-state index is -0.244.